The van der Waals surface area contributed by atoms with E-state index < -0.39 is 0 Å². The predicted molar refractivity (Wildman–Crippen MR) is 88.2 cm³/mol. The number of nitrogen functional groups attached to an aromatic ring is 1. The summed E-state index contributed by atoms with van der Waals surface area (Å²) in [5.74, 6) is 0. The van der Waals surface area contributed by atoms with Crippen LogP contribution in [0, 0.1) is 0 Å². The fourth-order valence-electron chi connectivity index (χ4n) is 2.59. The average molecular weight is 282 g/mol. The van der Waals surface area contributed by atoms with Gasteiger partial charge in [-0.3, -0.25) is 0 Å². The molecule has 0 aliphatic rings. The van der Waals surface area contributed by atoms with Gasteiger partial charge in [0.15, 0.2) is 0 Å². The van der Waals surface area contributed by atoms with Crippen LogP contribution in [-0.2, 0) is 6.42 Å². The van der Waals surface area contributed by atoms with Crippen LogP contribution in [0.3, 0.4) is 0 Å². The Kier molecular flexibility index (Phi) is 3.37. The minimum Gasteiger partial charge on any atom is -0.399 e. The molecule has 3 aromatic rings. The second-order valence-electron chi connectivity index (χ2n) is 4.91. The summed E-state index contributed by atoms with van der Waals surface area (Å²) < 4.78 is 0. The fraction of sp³-hybridized carbons (Fsp3) is 0.111. The Morgan fingerprint density at radius 3 is 2.45 bits per heavy atom. The highest BCUT2D eigenvalue weighted by molar-refractivity contribution is 6.36. The van der Waals surface area contributed by atoms with Gasteiger partial charge in [-0.2, -0.15) is 0 Å². The van der Waals surface area contributed by atoms with Gasteiger partial charge in [0.25, 0.3) is 0 Å². The quantitative estimate of drug-likeness (QED) is 0.633. The van der Waals surface area contributed by atoms with Crippen molar-refractivity contribution in [3.63, 3.8) is 0 Å². The Morgan fingerprint density at radius 2 is 1.70 bits per heavy atom. The van der Waals surface area contributed by atoms with E-state index in [0.717, 1.165) is 22.5 Å². The van der Waals surface area contributed by atoms with E-state index in [0.29, 0.717) is 0 Å². The number of aryl methyl sites for hydroxylation is 1. The Morgan fingerprint density at radius 1 is 0.950 bits per heavy atom. The summed E-state index contributed by atoms with van der Waals surface area (Å²) in [7, 11) is 0. The van der Waals surface area contributed by atoms with E-state index in [4.69, 9.17) is 17.3 Å². The zero-order valence-electron chi connectivity index (χ0n) is 11.4. The van der Waals surface area contributed by atoms with Gasteiger partial charge in [0, 0.05) is 16.1 Å². The Bertz CT molecular complexity index is 777. The summed E-state index contributed by atoms with van der Waals surface area (Å²) in [6, 6.07) is 18.5. The lowest BCUT2D eigenvalue weighted by molar-refractivity contribution is 1.15. The van der Waals surface area contributed by atoms with Crippen LogP contribution in [0.25, 0.3) is 21.9 Å². The Hall–Kier alpha value is -1.99. The normalized spacial score (nSPS) is 10.9. The molecule has 100 valence electrons. The topological polar surface area (TPSA) is 26.0 Å². The second kappa shape index (κ2) is 5.18. The summed E-state index contributed by atoms with van der Waals surface area (Å²) in [5, 5.41) is 3.05. The Balaban J connectivity index is 2.27. The summed E-state index contributed by atoms with van der Waals surface area (Å²) in [6.07, 6.45) is 0.936. The molecular formula is C18H16ClN. The van der Waals surface area contributed by atoms with Crippen molar-refractivity contribution >= 4 is 28.1 Å². The smallest absolute Gasteiger partial charge is 0.0484 e. The number of benzene rings is 3. The molecule has 0 fully saturated rings. The molecule has 3 aromatic carbocycles. The molecule has 2 heteroatoms. The van der Waals surface area contributed by atoms with Crippen molar-refractivity contribution in [2.24, 2.45) is 0 Å². The standard InChI is InChI=1S/C18H16ClN/c1-2-12-11-13(7-10-18(12)20)14-8-9-17(19)16-6-4-3-5-15(14)16/h3-11H,2,20H2,1H3. The minimum atomic E-state index is 0.788. The highest BCUT2D eigenvalue weighted by atomic mass is 35.5. The molecule has 0 radical (unpaired) electrons. The SMILES string of the molecule is CCc1cc(-c2ccc(Cl)c3ccccc23)ccc1N. The predicted octanol–water partition coefficient (Wildman–Crippen LogP) is 5.30. The van der Waals surface area contributed by atoms with E-state index in [-0.39, 0.29) is 0 Å². The zero-order valence-corrected chi connectivity index (χ0v) is 12.1. The highest BCUT2D eigenvalue weighted by Gasteiger charge is 2.07. The molecule has 0 atom stereocenters. The first-order valence-electron chi connectivity index (χ1n) is 6.76. The lowest BCUT2D eigenvalue weighted by atomic mass is 9.96. The van der Waals surface area contributed by atoms with Crippen molar-refractivity contribution in [1.29, 1.82) is 0 Å². The van der Waals surface area contributed by atoms with Crippen molar-refractivity contribution in [3.05, 3.63) is 65.2 Å². The highest BCUT2D eigenvalue weighted by Crippen LogP contribution is 2.34. The molecule has 0 aromatic heterocycles. The third kappa shape index (κ3) is 2.14. The monoisotopic (exact) mass is 281 g/mol. The van der Waals surface area contributed by atoms with E-state index >= 15 is 0 Å². The molecule has 2 N–H and O–H groups in total. The van der Waals surface area contributed by atoms with Crippen LogP contribution >= 0.6 is 11.6 Å². The van der Waals surface area contributed by atoms with Crippen LogP contribution in [0.15, 0.2) is 54.6 Å². The third-order valence-electron chi connectivity index (χ3n) is 3.71. The van der Waals surface area contributed by atoms with Crippen LogP contribution in [0.2, 0.25) is 5.02 Å². The van der Waals surface area contributed by atoms with Crippen LogP contribution in [0.1, 0.15) is 12.5 Å². The van der Waals surface area contributed by atoms with Gasteiger partial charge in [0.1, 0.15) is 0 Å². The van der Waals surface area contributed by atoms with Crippen molar-refractivity contribution < 1.29 is 0 Å². The number of halogens is 1. The van der Waals surface area contributed by atoms with Gasteiger partial charge in [0.2, 0.25) is 0 Å². The number of fused-ring (bicyclic) bond motifs is 1. The summed E-state index contributed by atoms with van der Waals surface area (Å²) in [5.41, 5.74) is 10.4. The van der Waals surface area contributed by atoms with Gasteiger partial charge in [0.05, 0.1) is 0 Å². The maximum atomic E-state index is 6.28. The number of nitrogens with two attached hydrogens (primary N) is 1. The zero-order chi connectivity index (χ0) is 14.1. The van der Waals surface area contributed by atoms with E-state index in [1.807, 2.05) is 24.3 Å². The summed E-state index contributed by atoms with van der Waals surface area (Å²) >= 11 is 6.28. The van der Waals surface area contributed by atoms with Crippen LogP contribution in [0.5, 0.6) is 0 Å². The molecule has 0 saturated heterocycles. The molecule has 0 aliphatic heterocycles. The largest absolute Gasteiger partial charge is 0.399 e. The lowest BCUT2D eigenvalue weighted by Gasteiger charge is -2.11. The number of hydrogen-bond donors (Lipinski definition) is 1. The van der Waals surface area contributed by atoms with Crippen LogP contribution in [-0.4, -0.2) is 0 Å². The second-order valence-corrected chi connectivity index (χ2v) is 5.31. The van der Waals surface area contributed by atoms with Gasteiger partial charge in [-0.05, 0) is 46.7 Å². The van der Waals surface area contributed by atoms with Gasteiger partial charge < -0.3 is 5.73 Å². The molecule has 0 heterocycles. The third-order valence-corrected chi connectivity index (χ3v) is 4.04. The molecule has 0 unspecified atom stereocenters. The molecule has 20 heavy (non-hydrogen) atoms. The Labute approximate surface area is 124 Å². The molecular weight excluding hydrogens is 266 g/mol. The summed E-state index contributed by atoms with van der Waals surface area (Å²) in [6.45, 7) is 2.12. The maximum Gasteiger partial charge on any atom is 0.0484 e. The van der Waals surface area contributed by atoms with Gasteiger partial charge in [-0.1, -0.05) is 54.9 Å². The molecule has 1 nitrogen and oxygen atoms in total. The van der Waals surface area contributed by atoms with E-state index in [1.165, 1.54) is 22.1 Å². The number of anilines is 1. The summed E-state index contributed by atoms with van der Waals surface area (Å²) in [4.78, 5) is 0. The molecule has 0 amide bonds. The number of hydrogen-bond acceptors (Lipinski definition) is 1. The van der Waals surface area contributed by atoms with Gasteiger partial charge in [-0.25, -0.2) is 0 Å². The molecule has 0 saturated carbocycles. The first-order chi connectivity index (χ1) is 9.70. The maximum absolute atomic E-state index is 6.28. The van der Waals surface area contributed by atoms with Gasteiger partial charge >= 0.3 is 0 Å². The molecule has 0 spiro atoms. The molecule has 0 aliphatic carbocycles. The van der Waals surface area contributed by atoms with Crippen molar-refractivity contribution in [2.45, 2.75) is 13.3 Å². The van der Waals surface area contributed by atoms with Crippen molar-refractivity contribution in [1.82, 2.24) is 0 Å². The molecule has 3 rings (SSSR count). The van der Waals surface area contributed by atoms with E-state index in [9.17, 15) is 0 Å². The lowest BCUT2D eigenvalue weighted by Crippen LogP contribution is -1.93. The first-order valence-corrected chi connectivity index (χ1v) is 7.14. The van der Waals surface area contributed by atoms with E-state index in [2.05, 4.69) is 37.3 Å². The van der Waals surface area contributed by atoms with Crippen LogP contribution < -0.4 is 5.73 Å². The first kappa shape index (κ1) is 13.0. The number of rotatable bonds is 2. The van der Waals surface area contributed by atoms with Gasteiger partial charge in [-0.15, -0.1) is 0 Å². The van der Waals surface area contributed by atoms with Crippen LogP contribution in [0.4, 0.5) is 5.69 Å². The van der Waals surface area contributed by atoms with Crippen molar-refractivity contribution in [2.75, 3.05) is 5.73 Å². The average Bonchev–Trinajstić information content (AvgIpc) is 2.49. The fourth-order valence-corrected chi connectivity index (χ4v) is 2.82. The minimum absolute atomic E-state index is 0.788. The molecule has 0 bridgehead atoms. The van der Waals surface area contributed by atoms with Crippen molar-refractivity contribution in [3.8, 4) is 11.1 Å². The van der Waals surface area contributed by atoms with E-state index in [1.54, 1.807) is 0 Å².